The van der Waals surface area contributed by atoms with Crippen LogP contribution in [-0.4, -0.2) is 6.08 Å². The third-order valence-corrected chi connectivity index (χ3v) is 1.21. The highest BCUT2D eigenvalue weighted by molar-refractivity contribution is 9.40. The van der Waals surface area contributed by atoms with Crippen LogP contribution >= 0.6 is 42.3 Å². The van der Waals surface area contributed by atoms with Crippen molar-refractivity contribution in [2.24, 2.45) is 4.40 Å². The Morgan fingerprint density at radius 1 is 1.43 bits per heavy atom. The van der Waals surface area contributed by atoms with E-state index in [4.69, 9.17) is 0 Å². The molecular weight excluding hydrogens is 170 g/mol. The molecule has 0 bridgehead atoms. The maximum Gasteiger partial charge on any atom is 0.248 e. The van der Waals surface area contributed by atoms with E-state index in [1.165, 1.54) is 6.08 Å². The molecule has 0 aliphatic heterocycles. The minimum absolute atomic E-state index is 1.29. The van der Waals surface area contributed by atoms with Crippen molar-refractivity contribution < 1.29 is 4.79 Å². The van der Waals surface area contributed by atoms with E-state index in [1.54, 1.807) is 0 Å². The van der Waals surface area contributed by atoms with Gasteiger partial charge in [0.15, 0.2) is 0 Å². The average Bonchev–Trinajstić information content (AvgIpc) is 1.30. The molecule has 0 saturated carbocycles. The summed E-state index contributed by atoms with van der Waals surface area (Å²) in [5.74, 6) is 0. The first-order valence-corrected chi connectivity index (χ1v) is 5.90. The van der Waals surface area contributed by atoms with Gasteiger partial charge in [-0.05, 0) is 0 Å². The SMILES string of the molecule is O=C=NS(S)(S)S. The van der Waals surface area contributed by atoms with Crippen molar-refractivity contribution in [2.45, 2.75) is 0 Å². The van der Waals surface area contributed by atoms with Crippen LogP contribution < -0.4 is 0 Å². The highest BCUT2D eigenvalue weighted by atomic mass is 33.8. The average molecular weight is 173 g/mol. The number of nitrogens with zero attached hydrogens (tertiary/aromatic N) is 1. The van der Waals surface area contributed by atoms with Crippen LogP contribution in [0.15, 0.2) is 4.40 Å². The minimum Gasteiger partial charge on any atom is -0.210 e. The molecule has 7 heavy (non-hydrogen) atoms. The Hall–Kier alpha value is 0.780. The highest BCUT2D eigenvalue weighted by Gasteiger charge is 2.00. The Morgan fingerprint density at radius 3 is 1.86 bits per heavy atom. The lowest BCUT2D eigenvalue weighted by molar-refractivity contribution is 0.566. The molecule has 0 radical (unpaired) electrons. The van der Waals surface area contributed by atoms with Gasteiger partial charge in [0.05, 0.1) is 0 Å². The topological polar surface area (TPSA) is 29.4 Å². The normalized spacial score (nSPS) is 12.4. The van der Waals surface area contributed by atoms with Gasteiger partial charge in [0.1, 0.15) is 0 Å². The second-order valence-corrected chi connectivity index (χ2v) is 9.18. The Labute approximate surface area is 57.7 Å². The molecule has 0 spiro atoms. The second kappa shape index (κ2) is 2.94. The first kappa shape index (κ1) is 7.78. The van der Waals surface area contributed by atoms with Crippen LogP contribution in [-0.2, 0) is 4.79 Å². The third kappa shape index (κ3) is 6.78. The summed E-state index contributed by atoms with van der Waals surface area (Å²) in [6.45, 7) is 0. The quantitative estimate of drug-likeness (QED) is 0.239. The van der Waals surface area contributed by atoms with Gasteiger partial charge in [0.25, 0.3) is 0 Å². The van der Waals surface area contributed by atoms with Crippen LogP contribution in [0.1, 0.15) is 0 Å². The summed E-state index contributed by atoms with van der Waals surface area (Å²) in [6, 6.07) is 0. The van der Waals surface area contributed by atoms with Crippen LogP contribution in [0.2, 0.25) is 0 Å². The van der Waals surface area contributed by atoms with Crippen molar-refractivity contribution in [3.8, 4) is 0 Å². The zero-order chi connectivity index (χ0) is 5.91. The summed E-state index contributed by atoms with van der Waals surface area (Å²) >= 11 is 11.2. The Morgan fingerprint density at radius 2 is 1.86 bits per heavy atom. The lowest BCUT2D eigenvalue weighted by Crippen LogP contribution is -1.55. The predicted octanol–water partition coefficient (Wildman–Crippen LogP) is 1.58. The molecule has 2 nitrogen and oxygen atoms in total. The molecule has 0 heterocycles. The van der Waals surface area contributed by atoms with Gasteiger partial charge < -0.3 is 0 Å². The van der Waals surface area contributed by atoms with Gasteiger partial charge in [0, 0.05) is 7.31 Å². The fourth-order valence-electron chi connectivity index (χ4n) is 0.0500. The van der Waals surface area contributed by atoms with E-state index in [1.807, 2.05) is 0 Å². The Bertz CT molecular complexity index is 98.7. The highest BCUT2D eigenvalue weighted by Crippen LogP contribution is 2.62. The van der Waals surface area contributed by atoms with Crippen molar-refractivity contribution in [1.29, 1.82) is 0 Å². The maximum atomic E-state index is 9.40. The molecular formula is CH3NOS4. The number of isocyanates is 1. The molecule has 0 aromatic rings. The van der Waals surface area contributed by atoms with Gasteiger partial charge in [-0.1, -0.05) is 35.0 Å². The molecule has 0 N–H and O–H groups in total. The molecule has 0 aliphatic rings. The summed E-state index contributed by atoms with van der Waals surface area (Å²) in [6.07, 6.45) is 1.29. The molecule has 0 fully saturated rings. The van der Waals surface area contributed by atoms with Crippen molar-refractivity contribution >= 4 is 48.4 Å². The van der Waals surface area contributed by atoms with Crippen LogP contribution in [0.4, 0.5) is 0 Å². The molecule has 0 aromatic heterocycles. The van der Waals surface area contributed by atoms with Gasteiger partial charge in [-0.25, -0.2) is 4.79 Å². The molecule has 0 amide bonds. The molecule has 0 saturated heterocycles. The van der Waals surface area contributed by atoms with Gasteiger partial charge in [-0.3, -0.25) is 0 Å². The van der Waals surface area contributed by atoms with Crippen LogP contribution in [0.3, 0.4) is 0 Å². The molecule has 0 atom stereocenters. The van der Waals surface area contributed by atoms with Crippen molar-refractivity contribution in [1.82, 2.24) is 0 Å². The molecule has 0 aliphatic carbocycles. The number of carbonyl (C=O) groups excluding carboxylic acids is 1. The summed E-state index contributed by atoms with van der Waals surface area (Å²) < 4.78 is 3.13. The van der Waals surface area contributed by atoms with Gasteiger partial charge in [-0.2, -0.15) is 0 Å². The minimum atomic E-state index is -1.89. The number of thiol groups is 3. The third-order valence-electron chi connectivity index (χ3n) is 0.160. The second-order valence-electron chi connectivity index (χ2n) is 0.672. The van der Waals surface area contributed by atoms with Gasteiger partial charge in [0.2, 0.25) is 6.08 Å². The number of hydrogen-bond acceptors (Lipinski definition) is 5. The smallest absolute Gasteiger partial charge is 0.210 e. The zero-order valence-electron chi connectivity index (χ0n) is 3.11. The standard InChI is InChI=1S/CH3NOS4/c3-1-2-7(4,5)6/h4-6H. The summed E-state index contributed by atoms with van der Waals surface area (Å²) in [5, 5.41) is 0. The molecule has 0 unspecified atom stereocenters. The largest absolute Gasteiger partial charge is 0.248 e. The fourth-order valence-corrected chi connectivity index (χ4v) is 0.450. The Balaban J connectivity index is 3.80. The van der Waals surface area contributed by atoms with Crippen LogP contribution in [0.25, 0.3) is 0 Å². The van der Waals surface area contributed by atoms with Gasteiger partial charge in [-0.15, -0.1) is 4.40 Å². The van der Waals surface area contributed by atoms with Crippen molar-refractivity contribution in [2.75, 3.05) is 0 Å². The van der Waals surface area contributed by atoms with Crippen molar-refractivity contribution in [3.63, 3.8) is 0 Å². The first-order chi connectivity index (χ1) is 3.06. The molecule has 42 valence electrons. The lowest BCUT2D eigenvalue weighted by atomic mass is 11.7. The van der Waals surface area contributed by atoms with Gasteiger partial charge >= 0.3 is 0 Å². The van der Waals surface area contributed by atoms with E-state index < -0.39 is 7.31 Å². The Kier molecular flexibility index (Phi) is 3.27. The molecule has 0 rings (SSSR count). The number of hydrogen-bond donors (Lipinski definition) is 3. The van der Waals surface area contributed by atoms with E-state index in [2.05, 4.69) is 39.4 Å². The maximum absolute atomic E-state index is 9.40. The summed E-state index contributed by atoms with van der Waals surface area (Å²) in [4.78, 5) is 9.40. The fraction of sp³-hybridized carbons (Fsp3) is 0. The first-order valence-electron chi connectivity index (χ1n) is 1.16. The summed E-state index contributed by atoms with van der Waals surface area (Å²) in [7, 11) is -1.89. The number of rotatable bonds is 1. The van der Waals surface area contributed by atoms with E-state index in [0.29, 0.717) is 0 Å². The summed E-state index contributed by atoms with van der Waals surface area (Å²) in [5.41, 5.74) is 0. The van der Waals surface area contributed by atoms with E-state index in [-0.39, 0.29) is 0 Å². The van der Waals surface area contributed by atoms with E-state index >= 15 is 0 Å². The lowest BCUT2D eigenvalue weighted by Gasteiger charge is -2.08. The van der Waals surface area contributed by atoms with Crippen molar-refractivity contribution in [3.05, 3.63) is 0 Å². The molecule has 6 heteroatoms. The zero-order valence-corrected chi connectivity index (χ0v) is 6.61. The van der Waals surface area contributed by atoms with Crippen LogP contribution in [0, 0.1) is 0 Å². The van der Waals surface area contributed by atoms with E-state index in [9.17, 15) is 4.79 Å². The monoisotopic (exact) mass is 173 g/mol. The van der Waals surface area contributed by atoms with Crippen LogP contribution in [0.5, 0.6) is 0 Å². The molecule has 0 aromatic carbocycles. The van der Waals surface area contributed by atoms with E-state index in [0.717, 1.165) is 0 Å². The predicted molar refractivity (Wildman–Crippen MR) is 42.7 cm³/mol.